The van der Waals surface area contributed by atoms with Gasteiger partial charge in [-0.25, -0.2) is 0 Å². The fraction of sp³-hybridized carbons (Fsp3) is 0.349. The number of aliphatic imine (C=N–C) groups is 4. The summed E-state index contributed by atoms with van der Waals surface area (Å²) in [6.07, 6.45) is 6.56. The molecule has 0 radical (unpaired) electrons. The second kappa shape index (κ2) is 37.2. The molecule has 0 bridgehead atoms. The molecule has 0 aliphatic rings. The zero-order valence-electron chi connectivity index (χ0n) is 33.3. The smallest absolute Gasteiger partial charge is 0.0633 e. The SMILES string of the molecule is CBr.CBr.CC(=Nc1ccc(C)cc1)C(C)=Nc1ccc(C)cc1.CCCCc1ccc(N=C(C)C(C)=Nc2ccc(C)cc2)cc1.CCl.CCl.[Ni].[Pd]. The van der Waals surface area contributed by atoms with Crippen molar-refractivity contribution in [2.75, 3.05) is 24.4 Å². The summed E-state index contributed by atoms with van der Waals surface area (Å²) < 4.78 is 0. The van der Waals surface area contributed by atoms with E-state index in [9.17, 15) is 0 Å². The molecule has 0 spiro atoms. The minimum Gasteiger partial charge on any atom is -0.252 e. The molecule has 0 saturated heterocycles. The first kappa shape index (κ1) is 58.0. The van der Waals surface area contributed by atoms with Crippen molar-refractivity contribution in [1.29, 1.82) is 0 Å². The molecule has 298 valence electrons. The molecule has 4 aromatic carbocycles. The van der Waals surface area contributed by atoms with Gasteiger partial charge in [0.2, 0.25) is 0 Å². The summed E-state index contributed by atoms with van der Waals surface area (Å²) in [7, 11) is 0. The topological polar surface area (TPSA) is 49.4 Å². The van der Waals surface area contributed by atoms with Gasteiger partial charge in [0, 0.05) is 49.7 Å². The van der Waals surface area contributed by atoms with E-state index in [1.807, 2.05) is 75.8 Å². The van der Waals surface area contributed by atoms with Crippen molar-refractivity contribution in [3.8, 4) is 0 Å². The number of unbranched alkanes of at least 4 members (excludes halogenated alkanes) is 1. The minimum absolute atomic E-state index is 0. The van der Waals surface area contributed by atoms with Crippen LogP contribution in [-0.2, 0) is 43.3 Å². The largest absolute Gasteiger partial charge is 0.252 e. The Morgan fingerprint density at radius 2 is 0.660 bits per heavy atom. The molecule has 0 aliphatic carbocycles. The van der Waals surface area contributed by atoms with E-state index in [4.69, 9.17) is 0 Å². The molecule has 0 aromatic heterocycles. The summed E-state index contributed by atoms with van der Waals surface area (Å²) in [6, 6.07) is 33.1. The molecule has 0 heterocycles. The standard InChI is InChI=1S/C21H26N2.C18H20N2.2CH3Br.2CH3Cl.Ni.Pd/c1-5-6-7-19-10-14-21(15-11-19)23-18(4)17(3)22-20-12-8-16(2)9-13-20;1-13-5-9-17(10-6-13)19-15(3)16(4)20-18-11-7-14(2)8-12-18;4*1-2;;/h8-15H,5-7H2,1-4H3;5-12H,1-4H3;4*1H3;;. The van der Waals surface area contributed by atoms with Crippen LogP contribution in [0.3, 0.4) is 0 Å². The van der Waals surface area contributed by atoms with E-state index in [0.29, 0.717) is 0 Å². The van der Waals surface area contributed by atoms with Crippen LogP contribution >= 0.6 is 55.1 Å². The van der Waals surface area contributed by atoms with Crippen molar-refractivity contribution >= 4 is 101 Å². The fourth-order valence-corrected chi connectivity index (χ4v) is 4.07. The van der Waals surface area contributed by atoms with E-state index in [1.165, 1.54) is 47.9 Å². The molecule has 0 saturated carbocycles. The molecule has 0 amide bonds. The first-order chi connectivity index (χ1) is 24.6. The molecular weight excluding hydrogens is 968 g/mol. The summed E-state index contributed by atoms with van der Waals surface area (Å²) in [5.74, 6) is 3.62. The number of alkyl halides is 4. The Labute approximate surface area is 372 Å². The summed E-state index contributed by atoms with van der Waals surface area (Å²) >= 11 is 15.2. The van der Waals surface area contributed by atoms with Crippen molar-refractivity contribution in [1.82, 2.24) is 0 Å². The van der Waals surface area contributed by atoms with E-state index >= 15 is 0 Å². The quantitative estimate of drug-likeness (QED) is 0.0911. The Kier molecular flexibility index (Phi) is 40.7. The van der Waals surface area contributed by atoms with Crippen LogP contribution in [0.15, 0.2) is 117 Å². The molecule has 0 unspecified atom stereocenters. The van der Waals surface area contributed by atoms with Gasteiger partial charge in [-0.1, -0.05) is 110 Å². The van der Waals surface area contributed by atoms with Crippen LogP contribution in [0.5, 0.6) is 0 Å². The predicted octanol–water partition coefficient (Wildman–Crippen LogP) is 15.1. The van der Waals surface area contributed by atoms with Crippen molar-refractivity contribution < 1.29 is 36.9 Å². The predicted molar refractivity (Wildman–Crippen MR) is 243 cm³/mol. The number of aryl methyl sites for hydroxylation is 4. The average molecular weight is 1030 g/mol. The molecule has 53 heavy (non-hydrogen) atoms. The van der Waals surface area contributed by atoms with E-state index in [2.05, 4.69) is 163 Å². The molecule has 0 fully saturated rings. The Bertz CT molecular complexity index is 1530. The van der Waals surface area contributed by atoms with E-state index < -0.39 is 0 Å². The van der Waals surface area contributed by atoms with E-state index in [1.54, 1.807) is 0 Å². The van der Waals surface area contributed by atoms with Gasteiger partial charge in [0.05, 0.1) is 45.6 Å². The van der Waals surface area contributed by atoms with Crippen molar-refractivity contribution in [3.63, 3.8) is 0 Å². The number of benzene rings is 4. The maximum Gasteiger partial charge on any atom is 0.0633 e. The van der Waals surface area contributed by atoms with Gasteiger partial charge < -0.3 is 0 Å². The van der Waals surface area contributed by atoms with Gasteiger partial charge in [-0.3, -0.25) is 20.0 Å². The monoisotopic (exact) mass is 1020 g/mol. The van der Waals surface area contributed by atoms with Gasteiger partial charge in [-0.05, 0) is 127 Å². The second-order valence-electron chi connectivity index (χ2n) is 11.1. The fourth-order valence-electron chi connectivity index (χ4n) is 4.07. The van der Waals surface area contributed by atoms with Gasteiger partial charge in [-0.15, -0.1) is 23.2 Å². The number of hydrogen-bond acceptors (Lipinski definition) is 4. The Morgan fingerprint density at radius 1 is 0.453 bits per heavy atom. The molecule has 4 rings (SSSR count). The van der Waals surface area contributed by atoms with Crippen molar-refractivity contribution in [3.05, 3.63) is 119 Å². The van der Waals surface area contributed by atoms with Gasteiger partial charge in [0.25, 0.3) is 0 Å². The number of rotatable bonds is 9. The maximum atomic E-state index is 4.68. The van der Waals surface area contributed by atoms with Crippen LogP contribution in [0.1, 0.15) is 69.7 Å². The van der Waals surface area contributed by atoms with Crippen LogP contribution in [0.25, 0.3) is 0 Å². The van der Waals surface area contributed by atoms with Crippen molar-refractivity contribution in [2.45, 2.75) is 74.7 Å². The molecule has 10 heteroatoms. The molecule has 4 nitrogen and oxygen atoms in total. The maximum absolute atomic E-state index is 4.68. The first-order valence-corrected chi connectivity index (χ1v) is 21.3. The van der Waals surface area contributed by atoms with Gasteiger partial charge in [0.1, 0.15) is 0 Å². The summed E-state index contributed by atoms with van der Waals surface area (Å²) in [5, 5.41) is 0. The van der Waals surface area contributed by atoms with E-state index in [-0.39, 0.29) is 36.9 Å². The van der Waals surface area contributed by atoms with Gasteiger partial charge >= 0.3 is 0 Å². The number of hydrogen-bond donors (Lipinski definition) is 0. The van der Waals surface area contributed by atoms with Crippen LogP contribution in [0, 0.1) is 20.8 Å². The zero-order chi connectivity index (χ0) is 39.2. The third kappa shape index (κ3) is 26.7. The number of nitrogens with zero attached hydrogens (tertiary/aromatic N) is 4. The second-order valence-corrected chi connectivity index (χ2v) is 11.1. The van der Waals surface area contributed by atoms with E-state index in [0.717, 1.165) is 52.0 Å². The number of halogens is 4. The first-order valence-electron chi connectivity index (χ1n) is 16.6. The summed E-state index contributed by atoms with van der Waals surface area (Å²) in [6.45, 7) is 16.5. The summed E-state index contributed by atoms with van der Waals surface area (Å²) in [4.78, 5) is 18.5. The summed E-state index contributed by atoms with van der Waals surface area (Å²) in [5.41, 5.74) is 12.8. The Hall–Kier alpha value is -1.74. The molecular formula is C43H58Br2Cl2N4NiPd. The average Bonchev–Trinajstić information content (AvgIpc) is 3.17. The van der Waals surface area contributed by atoms with Crippen molar-refractivity contribution in [2.24, 2.45) is 20.0 Å². The third-order valence-corrected chi connectivity index (χ3v) is 7.09. The molecule has 0 aliphatic heterocycles. The van der Waals surface area contributed by atoms with Crippen LogP contribution in [0.4, 0.5) is 22.7 Å². The van der Waals surface area contributed by atoms with Crippen LogP contribution < -0.4 is 0 Å². The molecule has 4 aromatic rings. The minimum atomic E-state index is 0. The van der Waals surface area contributed by atoms with Crippen LogP contribution in [0.2, 0.25) is 0 Å². The Morgan fingerprint density at radius 3 is 0.868 bits per heavy atom. The van der Waals surface area contributed by atoms with Gasteiger partial charge in [0.15, 0.2) is 0 Å². The molecule has 0 atom stereocenters. The third-order valence-electron chi connectivity index (χ3n) is 7.09. The zero-order valence-corrected chi connectivity index (χ0v) is 40.5. The van der Waals surface area contributed by atoms with Crippen LogP contribution in [-0.4, -0.2) is 47.3 Å². The normalized spacial score (nSPS) is 10.6. The Balaban J connectivity index is -0.000000371. The van der Waals surface area contributed by atoms with Gasteiger partial charge in [-0.2, -0.15) is 0 Å². The molecule has 0 N–H and O–H groups in total.